The summed E-state index contributed by atoms with van der Waals surface area (Å²) in [7, 11) is -1.97. The third kappa shape index (κ3) is 11.7. The number of nitrogens with one attached hydrogen (secondary N) is 2. The Kier molecular flexibility index (Phi) is 11.0. The minimum absolute atomic E-state index is 0.140. The lowest BCUT2D eigenvalue weighted by Crippen LogP contribution is -2.49. The number of hydrogen-bond acceptors (Lipinski definition) is 5. The molecule has 0 aliphatic heterocycles. The molecule has 0 aliphatic carbocycles. The van der Waals surface area contributed by atoms with Crippen molar-refractivity contribution in [2.45, 2.75) is 84.6 Å². The zero-order valence-corrected chi connectivity index (χ0v) is 23.8. The first-order chi connectivity index (χ1) is 16.8. The van der Waals surface area contributed by atoms with E-state index in [2.05, 4.69) is 34.9 Å². The van der Waals surface area contributed by atoms with Gasteiger partial charge in [0.2, 0.25) is 9.04 Å². The van der Waals surface area contributed by atoms with E-state index in [1.54, 1.807) is 0 Å². The van der Waals surface area contributed by atoms with E-state index < -0.39 is 32.4 Å². The third-order valence-electron chi connectivity index (χ3n) is 5.10. The predicted octanol–water partition coefficient (Wildman–Crippen LogP) is 4.13. The van der Waals surface area contributed by atoms with Crippen molar-refractivity contribution in [3.8, 4) is 0 Å². The van der Waals surface area contributed by atoms with Gasteiger partial charge in [-0.15, -0.1) is 0 Å². The minimum Gasteiger partial charge on any atom is -0.444 e. The molecule has 2 rings (SSSR count). The van der Waals surface area contributed by atoms with Crippen molar-refractivity contribution >= 4 is 31.6 Å². The molecule has 7 nitrogen and oxygen atoms in total. The van der Waals surface area contributed by atoms with E-state index in [-0.39, 0.29) is 12.1 Å². The molecule has 0 saturated heterocycles. The van der Waals surface area contributed by atoms with E-state index >= 15 is 0 Å². The lowest BCUT2D eigenvalue weighted by Gasteiger charge is -2.27. The maximum atomic E-state index is 12.6. The summed E-state index contributed by atoms with van der Waals surface area (Å²) in [6.45, 7) is 13.2. The largest absolute Gasteiger partial charge is 0.444 e. The SMILES string of the molecule is CC(CC[C@@H](CO[SiH](c1ccccc1)c1ccccc1)NC(=O)OC(C)(C)C)NC(=O)OC(C)(C)C. The van der Waals surface area contributed by atoms with Crippen LogP contribution in [0, 0.1) is 0 Å². The summed E-state index contributed by atoms with van der Waals surface area (Å²) in [6.07, 6.45) is 0.289. The monoisotopic (exact) mass is 514 g/mol. The molecule has 2 N–H and O–H groups in total. The Morgan fingerprint density at radius 3 is 1.64 bits per heavy atom. The molecule has 8 heteroatoms. The first kappa shape index (κ1) is 29.4. The molecule has 0 aromatic heterocycles. The van der Waals surface area contributed by atoms with Crippen LogP contribution in [-0.2, 0) is 13.9 Å². The van der Waals surface area contributed by atoms with Crippen LogP contribution in [0.3, 0.4) is 0 Å². The molecule has 0 fully saturated rings. The van der Waals surface area contributed by atoms with E-state index in [4.69, 9.17) is 13.9 Å². The zero-order chi connectivity index (χ0) is 26.8. The summed E-state index contributed by atoms with van der Waals surface area (Å²) in [5.74, 6) is 0. The lowest BCUT2D eigenvalue weighted by molar-refractivity contribution is 0.0464. The fourth-order valence-electron chi connectivity index (χ4n) is 3.56. The average molecular weight is 515 g/mol. The summed E-state index contributed by atoms with van der Waals surface area (Å²) in [4.78, 5) is 24.7. The van der Waals surface area contributed by atoms with Crippen LogP contribution in [-0.4, -0.2) is 51.1 Å². The standard InChI is InChI=1S/C28H42N2O5Si/c1-21(29-25(31)34-27(2,3)4)18-19-22(30-26(32)35-28(5,6)7)20-33-36(23-14-10-8-11-15-23)24-16-12-9-13-17-24/h8-17,21-22,36H,18-20H2,1-7H3,(H,29,31)(H,30,32)/t21?,22-/m0/s1. The molecular formula is C28H42N2O5Si. The predicted molar refractivity (Wildman–Crippen MR) is 146 cm³/mol. The smallest absolute Gasteiger partial charge is 0.407 e. The van der Waals surface area contributed by atoms with Crippen LogP contribution >= 0.6 is 0 Å². The van der Waals surface area contributed by atoms with Crippen molar-refractivity contribution in [1.29, 1.82) is 0 Å². The van der Waals surface area contributed by atoms with Crippen molar-refractivity contribution in [1.82, 2.24) is 10.6 Å². The number of carbonyl (C=O) groups excluding carboxylic acids is 2. The highest BCUT2D eigenvalue weighted by Gasteiger charge is 2.24. The summed E-state index contributed by atoms with van der Waals surface area (Å²) in [5, 5.41) is 8.17. The van der Waals surface area contributed by atoms with Gasteiger partial charge in [0, 0.05) is 6.04 Å². The van der Waals surface area contributed by atoms with Crippen LogP contribution in [0.25, 0.3) is 0 Å². The van der Waals surface area contributed by atoms with E-state index in [1.807, 2.05) is 84.9 Å². The van der Waals surface area contributed by atoms with E-state index in [0.717, 1.165) is 0 Å². The molecule has 0 saturated carbocycles. The zero-order valence-electron chi connectivity index (χ0n) is 22.7. The molecule has 198 valence electrons. The third-order valence-corrected chi connectivity index (χ3v) is 7.61. The van der Waals surface area contributed by atoms with Crippen LogP contribution in [0.5, 0.6) is 0 Å². The highest BCUT2D eigenvalue weighted by Crippen LogP contribution is 2.11. The second-order valence-corrected chi connectivity index (χ2v) is 13.4. The van der Waals surface area contributed by atoms with Gasteiger partial charge in [0.1, 0.15) is 11.2 Å². The van der Waals surface area contributed by atoms with Gasteiger partial charge < -0.3 is 24.5 Å². The fraction of sp³-hybridized carbons (Fsp3) is 0.500. The van der Waals surface area contributed by atoms with Crippen LogP contribution < -0.4 is 21.0 Å². The van der Waals surface area contributed by atoms with Crippen LogP contribution in [0.4, 0.5) is 9.59 Å². The van der Waals surface area contributed by atoms with E-state index in [0.29, 0.717) is 19.4 Å². The van der Waals surface area contributed by atoms with Gasteiger partial charge in [0.05, 0.1) is 12.6 Å². The summed E-state index contributed by atoms with van der Waals surface area (Å²) in [5.41, 5.74) is -1.17. The van der Waals surface area contributed by atoms with Crippen molar-refractivity contribution in [3.05, 3.63) is 60.7 Å². The molecule has 36 heavy (non-hydrogen) atoms. The molecule has 1 unspecified atom stereocenters. The average Bonchev–Trinajstić information content (AvgIpc) is 2.76. The van der Waals surface area contributed by atoms with Gasteiger partial charge in [0.25, 0.3) is 0 Å². The van der Waals surface area contributed by atoms with Crippen molar-refractivity contribution in [3.63, 3.8) is 0 Å². The Morgan fingerprint density at radius 1 is 0.750 bits per heavy atom. The molecule has 0 heterocycles. The van der Waals surface area contributed by atoms with E-state index in [9.17, 15) is 9.59 Å². The summed E-state index contributed by atoms with van der Waals surface area (Å²) < 4.78 is 17.4. The molecule has 2 aromatic rings. The molecule has 0 radical (unpaired) electrons. The normalized spacial score (nSPS) is 13.6. The Balaban J connectivity index is 2.09. The number of hydrogen-bond donors (Lipinski definition) is 2. The van der Waals surface area contributed by atoms with Crippen molar-refractivity contribution < 1.29 is 23.5 Å². The Bertz CT molecular complexity index is 902. The Labute approximate surface area is 217 Å². The first-order valence-electron chi connectivity index (χ1n) is 12.5. The molecule has 0 bridgehead atoms. The maximum absolute atomic E-state index is 12.6. The van der Waals surface area contributed by atoms with Gasteiger partial charge in [-0.2, -0.15) is 0 Å². The van der Waals surface area contributed by atoms with Gasteiger partial charge >= 0.3 is 12.2 Å². The second-order valence-electron chi connectivity index (χ2n) is 11.0. The topological polar surface area (TPSA) is 85.9 Å². The number of amides is 2. The molecule has 0 aliphatic rings. The van der Waals surface area contributed by atoms with Gasteiger partial charge in [-0.1, -0.05) is 60.7 Å². The van der Waals surface area contributed by atoms with Crippen LogP contribution in [0.2, 0.25) is 0 Å². The molecule has 2 amide bonds. The highest BCUT2D eigenvalue weighted by atomic mass is 28.3. The number of benzene rings is 2. The van der Waals surface area contributed by atoms with Crippen molar-refractivity contribution in [2.24, 2.45) is 0 Å². The molecule has 0 spiro atoms. The Morgan fingerprint density at radius 2 is 1.19 bits per heavy atom. The molecule has 2 atom stereocenters. The lowest BCUT2D eigenvalue weighted by atomic mass is 10.1. The van der Waals surface area contributed by atoms with Crippen LogP contribution in [0.1, 0.15) is 61.3 Å². The minimum atomic E-state index is -1.97. The summed E-state index contributed by atoms with van der Waals surface area (Å²) >= 11 is 0. The number of alkyl carbamates (subject to hydrolysis) is 2. The van der Waals surface area contributed by atoms with Crippen LogP contribution in [0.15, 0.2) is 60.7 Å². The van der Waals surface area contributed by atoms with Gasteiger partial charge in [0.15, 0.2) is 0 Å². The van der Waals surface area contributed by atoms with Crippen molar-refractivity contribution in [2.75, 3.05) is 6.61 Å². The second kappa shape index (κ2) is 13.5. The highest BCUT2D eigenvalue weighted by molar-refractivity contribution is 6.80. The molecular weight excluding hydrogens is 472 g/mol. The number of ether oxygens (including phenoxy) is 2. The van der Waals surface area contributed by atoms with Gasteiger partial charge in [-0.05, 0) is 71.7 Å². The molecule has 2 aromatic carbocycles. The quantitative estimate of drug-likeness (QED) is 0.466. The Hall–Kier alpha value is -2.84. The number of rotatable bonds is 10. The van der Waals surface area contributed by atoms with E-state index in [1.165, 1.54) is 10.4 Å². The summed E-state index contributed by atoms with van der Waals surface area (Å²) in [6, 6.07) is 20.0. The van der Waals surface area contributed by atoms with Gasteiger partial charge in [-0.25, -0.2) is 9.59 Å². The van der Waals surface area contributed by atoms with Gasteiger partial charge in [-0.3, -0.25) is 0 Å². The number of carbonyl (C=O) groups is 2. The fourth-order valence-corrected chi connectivity index (χ4v) is 5.89. The maximum Gasteiger partial charge on any atom is 0.407 e. The first-order valence-corrected chi connectivity index (χ1v) is 14.2.